The second-order valence-electron chi connectivity index (χ2n) is 7.15. The van der Waals surface area contributed by atoms with Gasteiger partial charge in [0.25, 0.3) is 0 Å². The molecule has 2 aromatic carbocycles. The lowest BCUT2D eigenvalue weighted by Gasteiger charge is -2.26. The van der Waals surface area contributed by atoms with Crippen molar-refractivity contribution in [1.82, 2.24) is 14.8 Å². The number of rotatable bonds is 5. The van der Waals surface area contributed by atoms with Crippen molar-refractivity contribution in [1.29, 1.82) is 5.26 Å². The summed E-state index contributed by atoms with van der Waals surface area (Å²) in [4.78, 5) is 0. The molecule has 0 fully saturated rings. The van der Waals surface area contributed by atoms with Crippen molar-refractivity contribution in [3.8, 4) is 23.2 Å². The van der Waals surface area contributed by atoms with Gasteiger partial charge in [0.05, 0.1) is 17.2 Å². The third-order valence-corrected chi connectivity index (χ3v) is 4.56. The zero-order valence-corrected chi connectivity index (χ0v) is 16.8. The summed E-state index contributed by atoms with van der Waals surface area (Å²) in [5, 5.41) is 16.9. The molecule has 0 unspecified atom stereocenters. The van der Waals surface area contributed by atoms with E-state index in [9.17, 15) is 22.0 Å². The molecule has 0 saturated carbocycles. The van der Waals surface area contributed by atoms with E-state index >= 15 is 0 Å². The number of nitrogens with zero attached hydrogens (tertiary/aromatic N) is 4. The number of aromatic nitrogens is 3. The topological polar surface area (TPSA) is 63.7 Å². The molecule has 0 aliphatic heterocycles. The summed E-state index contributed by atoms with van der Waals surface area (Å²) in [6.45, 7) is 4.95. The molecule has 3 aromatic rings. The molecule has 0 saturated heterocycles. The van der Waals surface area contributed by atoms with Crippen LogP contribution in [0.25, 0.3) is 11.4 Å². The van der Waals surface area contributed by atoms with E-state index in [1.807, 2.05) is 0 Å². The SMILES string of the molecule is CCn1c(-c2ccc(C#N)cc2C(F)(F)F)nnc1C(C)(C)Oc1ccc(F)cc1F. The molecule has 0 radical (unpaired) electrons. The molecule has 0 spiro atoms. The van der Waals surface area contributed by atoms with Crippen LogP contribution in [0.2, 0.25) is 0 Å². The van der Waals surface area contributed by atoms with E-state index in [1.165, 1.54) is 10.6 Å². The maximum atomic E-state index is 14.0. The van der Waals surface area contributed by atoms with Gasteiger partial charge in [-0.05, 0) is 51.1 Å². The number of benzene rings is 2. The van der Waals surface area contributed by atoms with Crippen molar-refractivity contribution in [3.05, 3.63) is 65.0 Å². The Morgan fingerprint density at radius 2 is 1.77 bits per heavy atom. The molecule has 3 rings (SSSR count). The lowest BCUT2D eigenvalue weighted by atomic mass is 10.0. The third kappa shape index (κ3) is 4.35. The summed E-state index contributed by atoms with van der Waals surface area (Å²) in [7, 11) is 0. The molecule has 1 aromatic heterocycles. The van der Waals surface area contributed by atoms with Crippen molar-refractivity contribution in [3.63, 3.8) is 0 Å². The number of ether oxygens (including phenoxy) is 1. The van der Waals surface area contributed by atoms with Crippen LogP contribution in [0.3, 0.4) is 0 Å². The maximum absolute atomic E-state index is 14.0. The summed E-state index contributed by atoms with van der Waals surface area (Å²) in [5.74, 6) is -1.88. The van der Waals surface area contributed by atoms with E-state index < -0.39 is 29.0 Å². The van der Waals surface area contributed by atoms with Gasteiger partial charge in [0, 0.05) is 18.2 Å². The minimum atomic E-state index is -4.73. The van der Waals surface area contributed by atoms with Gasteiger partial charge >= 0.3 is 6.18 Å². The number of hydrogen-bond donors (Lipinski definition) is 0. The fraction of sp³-hybridized carbons (Fsp3) is 0.286. The van der Waals surface area contributed by atoms with Crippen LogP contribution in [0.1, 0.15) is 37.7 Å². The van der Waals surface area contributed by atoms with Crippen LogP contribution in [-0.2, 0) is 18.3 Å². The molecule has 31 heavy (non-hydrogen) atoms. The van der Waals surface area contributed by atoms with E-state index in [0.717, 1.165) is 24.3 Å². The monoisotopic (exact) mass is 436 g/mol. The fourth-order valence-corrected chi connectivity index (χ4v) is 3.17. The van der Waals surface area contributed by atoms with E-state index in [4.69, 9.17) is 10.00 Å². The number of alkyl halides is 3. The first-order valence-electron chi connectivity index (χ1n) is 9.17. The minimum Gasteiger partial charge on any atom is -0.477 e. The Hall–Kier alpha value is -3.48. The van der Waals surface area contributed by atoms with Crippen LogP contribution < -0.4 is 4.74 Å². The first-order chi connectivity index (χ1) is 14.5. The van der Waals surface area contributed by atoms with Gasteiger partial charge in [0.1, 0.15) is 5.82 Å². The Morgan fingerprint density at radius 3 is 2.35 bits per heavy atom. The highest BCUT2D eigenvalue weighted by Gasteiger charge is 2.37. The molecule has 0 amide bonds. The van der Waals surface area contributed by atoms with Gasteiger partial charge in [-0.2, -0.15) is 18.4 Å². The predicted octanol–water partition coefficient (Wildman–Crippen LogP) is 5.45. The van der Waals surface area contributed by atoms with Gasteiger partial charge in [-0.3, -0.25) is 0 Å². The normalized spacial score (nSPS) is 12.0. The van der Waals surface area contributed by atoms with Crippen molar-refractivity contribution >= 4 is 0 Å². The van der Waals surface area contributed by atoms with Crippen molar-refractivity contribution in [2.75, 3.05) is 0 Å². The quantitative estimate of drug-likeness (QED) is 0.499. The predicted molar refractivity (Wildman–Crippen MR) is 101 cm³/mol. The second-order valence-corrected chi connectivity index (χ2v) is 7.15. The van der Waals surface area contributed by atoms with Gasteiger partial charge < -0.3 is 9.30 Å². The maximum Gasteiger partial charge on any atom is 0.417 e. The molecule has 0 N–H and O–H groups in total. The lowest BCUT2D eigenvalue weighted by molar-refractivity contribution is -0.137. The lowest BCUT2D eigenvalue weighted by Crippen LogP contribution is -2.30. The minimum absolute atomic E-state index is 0.0782. The van der Waals surface area contributed by atoms with Gasteiger partial charge in [-0.1, -0.05) is 0 Å². The highest BCUT2D eigenvalue weighted by Crippen LogP contribution is 2.38. The molecule has 0 aliphatic rings. The fourth-order valence-electron chi connectivity index (χ4n) is 3.17. The summed E-state index contributed by atoms with van der Waals surface area (Å²) < 4.78 is 75.2. The Kier molecular flexibility index (Phi) is 5.72. The molecular weight excluding hydrogens is 419 g/mol. The zero-order valence-electron chi connectivity index (χ0n) is 16.8. The molecule has 10 heteroatoms. The van der Waals surface area contributed by atoms with Crippen LogP contribution >= 0.6 is 0 Å². The summed E-state index contributed by atoms with van der Waals surface area (Å²) in [6.07, 6.45) is -4.73. The van der Waals surface area contributed by atoms with E-state index in [1.54, 1.807) is 26.8 Å². The van der Waals surface area contributed by atoms with Crippen molar-refractivity contribution in [2.45, 2.75) is 39.1 Å². The van der Waals surface area contributed by atoms with Crippen LogP contribution in [0.5, 0.6) is 5.75 Å². The summed E-state index contributed by atoms with van der Waals surface area (Å²) in [6, 6.07) is 7.66. The molecule has 0 atom stereocenters. The highest BCUT2D eigenvalue weighted by atomic mass is 19.4. The molecule has 0 aliphatic carbocycles. The van der Waals surface area contributed by atoms with Gasteiger partial charge in [-0.15, -0.1) is 10.2 Å². The Balaban J connectivity index is 2.10. The van der Waals surface area contributed by atoms with Crippen LogP contribution in [-0.4, -0.2) is 14.8 Å². The average Bonchev–Trinajstić information content (AvgIpc) is 3.14. The van der Waals surface area contributed by atoms with E-state index in [2.05, 4.69) is 10.2 Å². The second kappa shape index (κ2) is 7.98. The third-order valence-electron chi connectivity index (χ3n) is 4.56. The summed E-state index contributed by atoms with van der Waals surface area (Å²) >= 11 is 0. The molecule has 5 nitrogen and oxygen atoms in total. The standard InChI is InChI=1S/C21H17F5N4O/c1-4-30-18(14-7-5-12(11-27)9-15(14)21(24,25)26)28-29-19(30)20(2,3)31-17-8-6-13(22)10-16(17)23/h5-10H,4H2,1-3H3. The van der Waals surface area contributed by atoms with Crippen LogP contribution in [0.15, 0.2) is 36.4 Å². The average molecular weight is 436 g/mol. The zero-order chi connectivity index (χ0) is 23.0. The highest BCUT2D eigenvalue weighted by molar-refractivity contribution is 5.63. The molecule has 162 valence electrons. The first kappa shape index (κ1) is 22.2. The summed E-state index contributed by atoms with van der Waals surface area (Å²) in [5.41, 5.74) is -2.74. The van der Waals surface area contributed by atoms with Crippen molar-refractivity contribution in [2.24, 2.45) is 0 Å². The smallest absolute Gasteiger partial charge is 0.417 e. The molecule has 1 heterocycles. The van der Waals surface area contributed by atoms with Gasteiger partial charge in [0.15, 0.2) is 28.8 Å². The number of hydrogen-bond acceptors (Lipinski definition) is 4. The Labute approximate surface area is 174 Å². The van der Waals surface area contributed by atoms with Gasteiger partial charge in [-0.25, -0.2) is 8.78 Å². The van der Waals surface area contributed by atoms with Crippen LogP contribution in [0, 0.1) is 23.0 Å². The Bertz CT molecular complexity index is 1160. The molecule has 0 bridgehead atoms. The van der Waals surface area contributed by atoms with E-state index in [-0.39, 0.29) is 35.1 Å². The van der Waals surface area contributed by atoms with Crippen LogP contribution in [0.4, 0.5) is 22.0 Å². The molecular formula is C21H17F5N4O. The first-order valence-corrected chi connectivity index (χ1v) is 9.17. The van der Waals surface area contributed by atoms with Crippen molar-refractivity contribution < 1.29 is 26.7 Å². The van der Waals surface area contributed by atoms with Gasteiger partial charge in [0.2, 0.25) is 0 Å². The van der Waals surface area contributed by atoms with E-state index in [0.29, 0.717) is 6.07 Å². The number of halogens is 5. The largest absolute Gasteiger partial charge is 0.477 e. The number of nitriles is 1. The Morgan fingerprint density at radius 1 is 1.06 bits per heavy atom.